The van der Waals surface area contributed by atoms with E-state index in [1.807, 2.05) is 31.2 Å². The van der Waals surface area contributed by atoms with Crippen LogP contribution in [0.2, 0.25) is 0 Å². The van der Waals surface area contributed by atoms with Gasteiger partial charge >= 0.3 is 0 Å². The molecule has 3 heterocycles. The van der Waals surface area contributed by atoms with Crippen LogP contribution in [-0.2, 0) is 17.8 Å². The van der Waals surface area contributed by atoms with Crippen molar-refractivity contribution in [3.05, 3.63) is 55.7 Å². The second-order valence-electron chi connectivity index (χ2n) is 9.86. The smallest absolute Gasteiger partial charge is 0.270 e. The monoisotopic (exact) mass is 566 g/mol. The summed E-state index contributed by atoms with van der Waals surface area (Å²) in [6, 6.07) is 7.79. The van der Waals surface area contributed by atoms with E-state index in [1.165, 1.54) is 11.8 Å². The van der Waals surface area contributed by atoms with Gasteiger partial charge in [-0.15, -0.1) is 0 Å². The van der Waals surface area contributed by atoms with Crippen molar-refractivity contribution in [3.8, 4) is 17.6 Å². The molecule has 1 atom stereocenters. The van der Waals surface area contributed by atoms with Gasteiger partial charge in [-0.05, 0) is 68.4 Å². The first-order valence-electron chi connectivity index (χ1n) is 13.1. The quantitative estimate of drug-likeness (QED) is 0.334. The molecule has 2 saturated heterocycles. The summed E-state index contributed by atoms with van der Waals surface area (Å²) in [7, 11) is 3.18. The summed E-state index contributed by atoms with van der Waals surface area (Å²) in [6.45, 7) is 8.40. The van der Waals surface area contributed by atoms with Crippen molar-refractivity contribution in [2.45, 2.75) is 46.6 Å². The molecule has 10 heteroatoms. The van der Waals surface area contributed by atoms with E-state index in [-0.39, 0.29) is 17.0 Å². The van der Waals surface area contributed by atoms with Gasteiger partial charge < -0.3 is 14.4 Å². The maximum Gasteiger partial charge on any atom is 0.270 e. The lowest BCUT2D eigenvalue weighted by Gasteiger charge is -2.35. The fourth-order valence-corrected chi connectivity index (χ4v) is 6.55. The molecule has 0 N–H and O–H groups in total. The minimum atomic E-state index is -0.287. The first kappa shape index (κ1) is 28.7. The van der Waals surface area contributed by atoms with E-state index >= 15 is 0 Å². The van der Waals surface area contributed by atoms with Gasteiger partial charge in [-0.2, -0.15) is 5.26 Å². The van der Waals surface area contributed by atoms with E-state index in [9.17, 15) is 14.9 Å². The van der Waals surface area contributed by atoms with E-state index in [2.05, 4.69) is 17.9 Å². The number of thiocarbonyl (C=S) groups is 1. The molecule has 2 aromatic rings. The number of nitrogens with zero attached hydrogens (tertiary/aromatic N) is 4. The standard InChI is InChI=1S/C29H34N4O4S2/c1-6-32-26(31-12-7-8-18(2)17-31)21(19(3)22(16-30)27(32)34)15-25-28(35)33(29(38)39-25)13-11-20-9-10-23(36-4)24(14-20)37-5/h9-10,14-15,18H,6-8,11-13,17H2,1-5H3. The number of anilines is 1. The topological polar surface area (TPSA) is 87.8 Å². The van der Waals surface area contributed by atoms with Gasteiger partial charge in [0, 0.05) is 31.7 Å². The first-order chi connectivity index (χ1) is 18.7. The summed E-state index contributed by atoms with van der Waals surface area (Å²) in [5.74, 6) is 2.37. The van der Waals surface area contributed by atoms with E-state index in [4.69, 9.17) is 21.7 Å². The van der Waals surface area contributed by atoms with Crippen LogP contribution in [0.1, 0.15) is 48.9 Å². The number of piperidine rings is 1. The van der Waals surface area contributed by atoms with Crippen LogP contribution in [-0.4, -0.2) is 53.5 Å². The maximum absolute atomic E-state index is 13.5. The van der Waals surface area contributed by atoms with Crippen molar-refractivity contribution in [1.82, 2.24) is 9.47 Å². The van der Waals surface area contributed by atoms with Crippen LogP contribution in [0.25, 0.3) is 6.08 Å². The lowest BCUT2D eigenvalue weighted by atomic mass is 9.98. The van der Waals surface area contributed by atoms with Crippen LogP contribution in [0.4, 0.5) is 5.82 Å². The number of aromatic nitrogens is 1. The number of nitriles is 1. The predicted octanol–water partition coefficient (Wildman–Crippen LogP) is 4.75. The minimum Gasteiger partial charge on any atom is -0.493 e. The number of ether oxygens (including phenoxy) is 2. The van der Waals surface area contributed by atoms with E-state index in [0.717, 1.165) is 42.9 Å². The SMILES string of the molecule is CCn1c(N2CCCC(C)C2)c(C=C2SC(=S)N(CCc3ccc(OC)c(OC)c3)C2=O)c(C)c(C#N)c1=O. The Labute approximate surface area is 239 Å². The lowest BCUT2D eigenvalue weighted by molar-refractivity contribution is -0.122. The van der Waals surface area contributed by atoms with Crippen molar-refractivity contribution < 1.29 is 14.3 Å². The summed E-state index contributed by atoms with van der Waals surface area (Å²) < 4.78 is 12.9. The van der Waals surface area contributed by atoms with Crippen molar-refractivity contribution in [1.29, 1.82) is 5.26 Å². The zero-order chi connectivity index (χ0) is 28.3. The zero-order valence-electron chi connectivity index (χ0n) is 23.1. The number of pyridine rings is 1. The predicted molar refractivity (Wildman–Crippen MR) is 160 cm³/mol. The highest BCUT2D eigenvalue weighted by atomic mass is 32.2. The molecule has 2 aliphatic heterocycles. The Morgan fingerprint density at radius 1 is 1.23 bits per heavy atom. The molecule has 8 nitrogen and oxygen atoms in total. The molecule has 1 amide bonds. The fraction of sp³-hybridized carbons (Fsp3) is 0.448. The van der Waals surface area contributed by atoms with Gasteiger partial charge in [-0.25, -0.2) is 0 Å². The number of hydrogen-bond acceptors (Lipinski definition) is 8. The lowest BCUT2D eigenvalue weighted by Crippen LogP contribution is -2.40. The summed E-state index contributed by atoms with van der Waals surface area (Å²) in [6.07, 6.45) is 4.58. The Kier molecular flexibility index (Phi) is 9.03. The molecule has 2 aliphatic rings. The molecule has 1 unspecified atom stereocenters. The second kappa shape index (κ2) is 12.3. The molecular weight excluding hydrogens is 532 g/mol. The van der Waals surface area contributed by atoms with Crippen LogP contribution >= 0.6 is 24.0 Å². The number of benzene rings is 1. The Hall–Kier alpha value is -3.29. The average Bonchev–Trinajstić information content (AvgIpc) is 3.20. The Morgan fingerprint density at radius 3 is 2.62 bits per heavy atom. The normalized spacial score (nSPS) is 18.6. The number of carbonyl (C=O) groups is 1. The zero-order valence-corrected chi connectivity index (χ0v) is 24.7. The van der Waals surface area contributed by atoms with Gasteiger partial charge in [0.2, 0.25) is 0 Å². The van der Waals surface area contributed by atoms with Crippen LogP contribution in [0.5, 0.6) is 11.5 Å². The van der Waals surface area contributed by atoms with Crippen LogP contribution in [0.15, 0.2) is 27.9 Å². The molecule has 0 aliphatic carbocycles. The molecule has 1 aromatic heterocycles. The molecule has 2 fully saturated rings. The van der Waals surface area contributed by atoms with Gasteiger partial charge in [-0.1, -0.05) is 37.0 Å². The van der Waals surface area contributed by atoms with Crippen molar-refractivity contribution in [2.75, 3.05) is 38.8 Å². The molecule has 0 spiro atoms. The Bertz CT molecular complexity index is 1430. The second-order valence-corrected chi connectivity index (χ2v) is 11.5. The van der Waals surface area contributed by atoms with Crippen molar-refractivity contribution >= 4 is 46.1 Å². The highest BCUT2D eigenvalue weighted by molar-refractivity contribution is 8.26. The maximum atomic E-state index is 13.5. The molecule has 0 bridgehead atoms. The van der Waals surface area contributed by atoms with Crippen LogP contribution < -0.4 is 19.9 Å². The number of methoxy groups -OCH3 is 2. The van der Waals surface area contributed by atoms with Crippen molar-refractivity contribution in [2.24, 2.45) is 5.92 Å². The third kappa shape index (κ3) is 5.70. The average molecular weight is 567 g/mol. The van der Waals surface area contributed by atoms with E-state index in [1.54, 1.807) is 30.6 Å². The summed E-state index contributed by atoms with van der Waals surface area (Å²) in [4.78, 5) is 31.1. The van der Waals surface area contributed by atoms with Gasteiger partial charge in [0.1, 0.15) is 21.8 Å². The van der Waals surface area contributed by atoms with Gasteiger partial charge in [0.25, 0.3) is 11.5 Å². The number of hydrogen-bond donors (Lipinski definition) is 0. The van der Waals surface area contributed by atoms with Gasteiger partial charge in [0.05, 0.1) is 19.1 Å². The van der Waals surface area contributed by atoms with Crippen molar-refractivity contribution in [3.63, 3.8) is 0 Å². The number of rotatable bonds is 8. The summed E-state index contributed by atoms with van der Waals surface area (Å²) >= 11 is 6.86. The summed E-state index contributed by atoms with van der Waals surface area (Å²) in [5.41, 5.74) is 2.15. The van der Waals surface area contributed by atoms with Gasteiger partial charge in [-0.3, -0.25) is 19.1 Å². The molecule has 0 saturated carbocycles. The molecule has 0 radical (unpaired) electrons. The first-order valence-corrected chi connectivity index (χ1v) is 14.3. The Morgan fingerprint density at radius 2 is 1.97 bits per heavy atom. The minimum absolute atomic E-state index is 0.112. The van der Waals surface area contributed by atoms with Gasteiger partial charge in [0.15, 0.2) is 11.5 Å². The molecular formula is C29H34N4O4S2. The molecule has 39 heavy (non-hydrogen) atoms. The number of carbonyl (C=O) groups excluding carboxylic acids is 1. The fourth-order valence-electron chi connectivity index (χ4n) is 5.26. The third-order valence-corrected chi connectivity index (χ3v) is 8.72. The Balaban J connectivity index is 1.69. The van der Waals surface area contributed by atoms with E-state index in [0.29, 0.717) is 51.7 Å². The number of thioether (sulfide) groups is 1. The largest absolute Gasteiger partial charge is 0.493 e. The highest BCUT2D eigenvalue weighted by Crippen LogP contribution is 2.37. The van der Waals surface area contributed by atoms with Crippen LogP contribution in [0, 0.1) is 24.2 Å². The number of amides is 1. The molecule has 4 rings (SSSR count). The van der Waals surface area contributed by atoms with Crippen LogP contribution in [0.3, 0.4) is 0 Å². The molecule has 1 aromatic carbocycles. The third-order valence-electron chi connectivity index (χ3n) is 7.34. The highest BCUT2D eigenvalue weighted by Gasteiger charge is 2.33. The van der Waals surface area contributed by atoms with E-state index < -0.39 is 0 Å². The molecule has 206 valence electrons. The summed E-state index contributed by atoms with van der Waals surface area (Å²) in [5, 5.41) is 9.82.